The van der Waals surface area contributed by atoms with E-state index < -0.39 is 11.6 Å². The number of benzene rings is 1. The average Bonchev–Trinajstić information content (AvgIpc) is 2.39. The van der Waals surface area contributed by atoms with Crippen molar-refractivity contribution in [3.8, 4) is 0 Å². The molecule has 0 amide bonds. The molecule has 6 heteroatoms. The molecule has 1 aromatic carbocycles. The van der Waals surface area contributed by atoms with Crippen molar-refractivity contribution < 1.29 is 8.78 Å². The van der Waals surface area contributed by atoms with Crippen molar-refractivity contribution in [2.45, 2.75) is 26.3 Å². The minimum atomic E-state index is -0.868. The highest BCUT2D eigenvalue weighted by Crippen LogP contribution is 2.18. The first-order valence-electron chi connectivity index (χ1n) is 6.18. The molecule has 0 unspecified atom stereocenters. The first kappa shape index (κ1) is 14.7. The first-order valence-corrected chi connectivity index (χ1v) is 6.56. The maximum Gasteiger partial charge on any atom is 0.159 e. The Morgan fingerprint density at radius 3 is 2.55 bits per heavy atom. The second-order valence-electron chi connectivity index (χ2n) is 4.69. The smallest absolute Gasteiger partial charge is 0.159 e. The van der Waals surface area contributed by atoms with E-state index in [0.29, 0.717) is 28.9 Å². The summed E-state index contributed by atoms with van der Waals surface area (Å²) in [6, 6.07) is 5.35. The lowest BCUT2D eigenvalue weighted by molar-refractivity contribution is 0.507. The Bertz CT molecular complexity index is 617. The molecule has 2 aromatic rings. The number of anilines is 1. The third kappa shape index (κ3) is 3.63. The monoisotopic (exact) mass is 297 g/mol. The van der Waals surface area contributed by atoms with E-state index in [2.05, 4.69) is 15.3 Å². The van der Waals surface area contributed by atoms with Crippen LogP contribution < -0.4 is 5.32 Å². The highest BCUT2D eigenvalue weighted by atomic mass is 35.5. The van der Waals surface area contributed by atoms with Crippen LogP contribution in [0.2, 0.25) is 5.15 Å². The van der Waals surface area contributed by atoms with Crippen LogP contribution in [0.3, 0.4) is 0 Å². The van der Waals surface area contributed by atoms with Gasteiger partial charge >= 0.3 is 0 Å². The summed E-state index contributed by atoms with van der Waals surface area (Å²) >= 11 is 5.92. The second kappa shape index (κ2) is 6.13. The van der Waals surface area contributed by atoms with E-state index in [9.17, 15) is 8.78 Å². The topological polar surface area (TPSA) is 37.8 Å². The van der Waals surface area contributed by atoms with Crippen LogP contribution in [0.4, 0.5) is 14.6 Å². The van der Waals surface area contributed by atoms with Gasteiger partial charge in [0.2, 0.25) is 0 Å². The van der Waals surface area contributed by atoms with E-state index in [1.165, 1.54) is 6.07 Å². The van der Waals surface area contributed by atoms with Crippen LogP contribution in [0, 0.1) is 11.6 Å². The normalized spacial score (nSPS) is 10.9. The van der Waals surface area contributed by atoms with Crippen LogP contribution in [-0.4, -0.2) is 9.97 Å². The predicted molar refractivity (Wildman–Crippen MR) is 74.8 cm³/mol. The summed E-state index contributed by atoms with van der Waals surface area (Å²) in [6.07, 6.45) is 0. The summed E-state index contributed by atoms with van der Waals surface area (Å²) < 4.78 is 25.9. The number of halogens is 3. The molecule has 1 aromatic heterocycles. The van der Waals surface area contributed by atoms with E-state index >= 15 is 0 Å². The Morgan fingerprint density at radius 2 is 1.90 bits per heavy atom. The van der Waals surface area contributed by atoms with Crippen molar-refractivity contribution in [3.63, 3.8) is 0 Å². The molecule has 0 aliphatic carbocycles. The quantitative estimate of drug-likeness (QED) is 0.862. The van der Waals surface area contributed by atoms with Crippen molar-refractivity contribution in [1.82, 2.24) is 9.97 Å². The van der Waals surface area contributed by atoms with E-state index in [4.69, 9.17) is 11.6 Å². The lowest BCUT2D eigenvalue weighted by atomic mass is 10.2. The minimum Gasteiger partial charge on any atom is -0.366 e. The van der Waals surface area contributed by atoms with Gasteiger partial charge in [0, 0.05) is 18.5 Å². The summed E-state index contributed by atoms with van der Waals surface area (Å²) in [7, 11) is 0. The van der Waals surface area contributed by atoms with Gasteiger partial charge in [0.15, 0.2) is 11.6 Å². The molecule has 0 saturated heterocycles. The zero-order valence-electron chi connectivity index (χ0n) is 11.1. The van der Waals surface area contributed by atoms with Crippen LogP contribution in [0.25, 0.3) is 0 Å². The lowest BCUT2D eigenvalue weighted by Gasteiger charge is -2.10. The molecule has 106 valence electrons. The molecule has 0 bridgehead atoms. The SMILES string of the molecule is CC(C)c1nc(Cl)cc(NCc2ccc(F)c(F)c2)n1. The Morgan fingerprint density at radius 1 is 1.15 bits per heavy atom. The Hall–Kier alpha value is -1.75. The molecule has 0 radical (unpaired) electrons. The van der Waals surface area contributed by atoms with Crippen LogP contribution in [-0.2, 0) is 6.54 Å². The fourth-order valence-electron chi connectivity index (χ4n) is 1.63. The zero-order chi connectivity index (χ0) is 14.7. The third-order valence-electron chi connectivity index (χ3n) is 2.69. The average molecular weight is 298 g/mol. The van der Waals surface area contributed by atoms with Gasteiger partial charge < -0.3 is 5.32 Å². The van der Waals surface area contributed by atoms with Gasteiger partial charge in [-0.3, -0.25) is 0 Å². The first-order chi connectivity index (χ1) is 9.45. The van der Waals surface area contributed by atoms with Gasteiger partial charge in [-0.1, -0.05) is 31.5 Å². The fraction of sp³-hybridized carbons (Fsp3) is 0.286. The third-order valence-corrected chi connectivity index (χ3v) is 2.88. The van der Waals surface area contributed by atoms with Crippen molar-refractivity contribution in [1.29, 1.82) is 0 Å². The molecule has 1 N–H and O–H groups in total. The van der Waals surface area contributed by atoms with Gasteiger partial charge in [-0.05, 0) is 17.7 Å². The van der Waals surface area contributed by atoms with Gasteiger partial charge in [0.05, 0.1) is 0 Å². The molecule has 0 aliphatic rings. The molecular weight excluding hydrogens is 284 g/mol. The maximum atomic E-state index is 13.1. The van der Waals surface area contributed by atoms with E-state index in [-0.39, 0.29) is 5.92 Å². The Kier molecular flexibility index (Phi) is 4.49. The number of aromatic nitrogens is 2. The van der Waals surface area contributed by atoms with Crippen LogP contribution >= 0.6 is 11.6 Å². The van der Waals surface area contributed by atoms with Gasteiger partial charge in [-0.25, -0.2) is 18.7 Å². The number of nitrogens with zero attached hydrogens (tertiary/aromatic N) is 2. The van der Waals surface area contributed by atoms with Crippen molar-refractivity contribution in [3.05, 3.63) is 52.4 Å². The van der Waals surface area contributed by atoms with Crippen molar-refractivity contribution in [2.24, 2.45) is 0 Å². The summed E-state index contributed by atoms with van der Waals surface area (Å²) in [5.41, 5.74) is 0.615. The molecular formula is C14H14ClF2N3. The number of nitrogens with one attached hydrogen (secondary N) is 1. The van der Waals surface area contributed by atoms with Crippen LogP contribution in [0.5, 0.6) is 0 Å². The van der Waals surface area contributed by atoms with Gasteiger partial charge in [0.1, 0.15) is 16.8 Å². The van der Waals surface area contributed by atoms with E-state index in [1.54, 1.807) is 6.07 Å². The maximum absolute atomic E-state index is 13.1. The number of hydrogen-bond donors (Lipinski definition) is 1. The fourth-order valence-corrected chi connectivity index (χ4v) is 1.82. The second-order valence-corrected chi connectivity index (χ2v) is 5.08. The predicted octanol–water partition coefficient (Wildman–Crippen LogP) is 4.14. The largest absolute Gasteiger partial charge is 0.366 e. The summed E-state index contributed by atoms with van der Waals surface area (Å²) in [6.45, 7) is 4.25. The standard InChI is InChI=1S/C14H14ClF2N3/c1-8(2)14-19-12(15)6-13(20-14)18-7-9-3-4-10(16)11(17)5-9/h3-6,8H,7H2,1-2H3,(H,18,19,20). The summed E-state index contributed by atoms with van der Waals surface area (Å²) in [4.78, 5) is 8.43. The molecule has 0 spiro atoms. The molecule has 0 fully saturated rings. The minimum absolute atomic E-state index is 0.150. The van der Waals surface area contributed by atoms with Crippen molar-refractivity contribution in [2.75, 3.05) is 5.32 Å². The summed E-state index contributed by atoms with van der Waals surface area (Å²) in [5.74, 6) is -0.393. The molecule has 0 atom stereocenters. The highest BCUT2D eigenvalue weighted by molar-refractivity contribution is 6.29. The Balaban J connectivity index is 2.12. The Labute approximate surface area is 121 Å². The molecule has 1 heterocycles. The van der Waals surface area contributed by atoms with Gasteiger partial charge in [-0.15, -0.1) is 0 Å². The van der Waals surface area contributed by atoms with Crippen molar-refractivity contribution >= 4 is 17.4 Å². The lowest BCUT2D eigenvalue weighted by Crippen LogP contribution is -2.06. The highest BCUT2D eigenvalue weighted by Gasteiger charge is 2.07. The van der Waals surface area contributed by atoms with Crippen LogP contribution in [0.15, 0.2) is 24.3 Å². The van der Waals surface area contributed by atoms with Crippen LogP contribution in [0.1, 0.15) is 31.2 Å². The summed E-state index contributed by atoms with van der Waals surface area (Å²) in [5, 5.41) is 3.36. The van der Waals surface area contributed by atoms with E-state index in [0.717, 1.165) is 12.1 Å². The van der Waals surface area contributed by atoms with Gasteiger partial charge in [0.25, 0.3) is 0 Å². The molecule has 0 saturated carbocycles. The number of hydrogen-bond acceptors (Lipinski definition) is 3. The molecule has 0 aliphatic heterocycles. The number of rotatable bonds is 4. The molecule has 20 heavy (non-hydrogen) atoms. The molecule has 3 nitrogen and oxygen atoms in total. The van der Waals surface area contributed by atoms with E-state index in [1.807, 2.05) is 13.8 Å². The van der Waals surface area contributed by atoms with Gasteiger partial charge in [-0.2, -0.15) is 0 Å². The zero-order valence-corrected chi connectivity index (χ0v) is 11.9. The molecule has 2 rings (SSSR count).